The zero-order chi connectivity index (χ0) is 15.2. The lowest BCUT2D eigenvalue weighted by atomic mass is 9.92. The molecule has 2 nitrogen and oxygen atoms in total. The molecule has 0 radical (unpaired) electrons. The summed E-state index contributed by atoms with van der Waals surface area (Å²) in [4.78, 5) is 0. The van der Waals surface area contributed by atoms with Crippen LogP contribution in [0.5, 0.6) is 0 Å². The Kier molecular flexibility index (Phi) is 5.63. The molecule has 0 unspecified atom stereocenters. The fourth-order valence-corrected chi connectivity index (χ4v) is 2.77. The summed E-state index contributed by atoms with van der Waals surface area (Å²) < 4.78 is 6.07. The summed E-state index contributed by atoms with van der Waals surface area (Å²) in [5.41, 5.74) is 5.53. The summed E-state index contributed by atoms with van der Waals surface area (Å²) in [6.45, 7) is 10.5. The predicted octanol–water partition coefficient (Wildman–Crippen LogP) is 4.74. The number of hydrogen-bond acceptors (Lipinski definition) is 2. The van der Waals surface area contributed by atoms with Crippen molar-refractivity contribution in [3.8, 4) is 11.3 Å². The minimum absolute atomic E-state index is 0.798. The highest BCUT2D eigenvalue weighted by Gasteiger charge is 2.14. The molecular weight excluding hydrogens is 258 g/mol. The van der Waals surface area contributed by atoms with Crippen molar-refractivity contribution < 1.29 is 4.42 Å². The van der Waals surface area contributed by atoms with Crippen molar-refractivity contribution in [3.05, 3.63) is 46.7 Å². The fourth-order valence-electron chi connectivity index (χ4n) is 2.77. The number of hydrogen-bond donors (Lipinski definition) is 1. The average Bonchev–Trinajstić information content (AvgIpc) is 2.99. The Labute approximate surface area is 128 Å². The topological polar surface area (TPSA) is 25.2 Å². The quantitative estimate of drug-likeness (QED) is 0.794. The highest BCUT2D eigenvalue weighted by Crippen LogP contribution is 2.32. The second-order valence-electron chi connectivity index (χ2n) is 5.40. The first-order valence-corrected chi connectivity index (χ1v) is 8.17. The van der Waals surface area contributed by atoms with Crippen LogP contribution in [0, 0.1) is 0 Å². The van der Waals surface area contributed by atoms with Crippen molar-refractivity contribution in [2.75, 3.05) is 6.54 Å². The van der Waals surface area contributed by atoms with E-state index in [0.717, 1.165) is 43.9 Å². The summed E-state index contributed by atoms with van der Waals surface area (Å²) in [5, 5.41) is 3.31. The van der Waals surface area contributed by atoms with Gasteiger partial charge in [0.1, 0.15) is 11.5 Å². The van der Waals surface area contributed by atoms with Crippen LogP contribution in [0.25, 0.3) is 11.3 Å². The predicted molar refractivity (Wildman–Crippen MR) is 89.7 cm³/mol. The Hall–Kier alpha value is -1.54. The molecule has 0 bridgehead atoms. The molecule has 2 rings (SSSR count). The van der Waals surface area contributed by atoms with Crippen molar-refractivity contribution >= 4 is 0 Å². The van der Waals surface area contributed by atoms with Crippen LogP contribution < -0.4 is 5.32 Å². The number of rotatable bonds is 7. The van der Waals surface area contributed by atoms with Gasteiger partial charge in [0.2, 0.25) is 0 Å². The van der Waals surface area contributed by atoms with Gasteiger partial charge >= 0.3 is 0 Å². The fraction of sp³-hybridized carbons (Fsp3) is 0.474. The molecule has 1 heterocycles. The number of aryl methyl sites for hydroxylation is 3. The van der Waals surface area contributed by atoms with Crippen LogP contribution in [0.4, 0.5) is 0 Å². The molecule has 0 saturated heterocycles. The van der Waals surface area contributed by atoms with Gasteiger partial charge in [0.05, 0.1) is 6.54 Å². The second kappa shape index (κ2) is 7.46. The van der Waals surface area contributed by atoms with E-state index >= 15 is 0 Å². The molecule has 0 aliphatic rings. The number of nitrogens with one attached hydrogen (secondary N) is 1. The van der Waals surface area contributed by atoms with E-state index in [1.165, 1.54) is 22.3 Å². The van der Waals surface area contributed by atoms with Gasteiger partial charge in [-0.1, -0.05) is 39.8 Å². The first kappa shape index (κ1) is 15.8. The average molecular weight is 285 g/mol. The maximum atomic E-state index is 6.07. The van der Waals surface area contributed by atoms with Gasteiger partial charge in [-0.3, -0.25) is 0 Å². The third-order valence-electron chi connectivity index (χ3n) is 3.99. The van der Waals surface area contributed by atoms with Gasteiger partial charge in [0, 0.05) is 5.56 Å². The maximum absolute atomic E-state index is 6.07. The smallest absolute Gasteiger partial charge is 0.134 e. The summed E-state index contributed by atoms with van der Waals surface area (Å²) in [6.07, 6.45) is 3.17. The number of benzene rings is 1. The molecule has 0 aliphatic heterocycles. The summed E-state index contributed by atoms with van der Waals surface area (Å²) in [6, 6.07) is 8.87. The Bertz CT molecular complexity index is 558. The Morgan fingerprint density at radius 1 is 0.905 bits per heavy atom. The van der Waals surface area contributed by atoms with Crippen molar-refractivity contribution in [1.29, 1.82) is 0 Å². The molecule has 2 aromatic rings. The molecule has 1 N–H and O–H groups in total. The van der Waals surface area contributed by atoms with E-state index in [-0.39, 0.29) is 0 Å². The van der Waals surface area contributed by atoms with Crippen LogP contribution in [-0.2, 0) is 25.8 Å². The summed E-state index contributed by atoms with van der Waals surface area (Å²) in [7, 11) is 0. The van der Waals surface area contributed by atoms with E-state index in [1.807, 2.05) is 0 Å². The first-order chi connectivity index (χ1) is 10.2. The normalized spacial score (nSPS) is 11.0. The van der Waals surface area contributed by atoms with Crippen LogP contribution in [0.1, 0.15) is 50.1 Å². The standard InChI is InChI=1S/C19H27NO/c1-5-14-11-15(6-2)19(16(7-3)12-14)18-10-9-17(21-18)13-20-8-4/h9-12,20H,5-8,13H2,1-4H3. The lowest BCUT2D eigenvalue weighted by Crippen LogP contribution is -2.10. The molecule has 114 valence electrons. The van der Waals surface area contributed by atoms with E-state index in [9.17, 15) is 0 Å². The van der Waals surface area contributed by atoms with Crippen LogP contribution in [0.15, 0.2) is 28.7 Å². The number of furan rings is 1. The molecule has 0 amide bonds. The van der Waals surface area contributed by atoms with Crippen LogP contribution in [0.3, 0.4) is 0 Å². The third kappa shape index (κ3) is 3.56. The SMILES string of the molecule is CCNCc1ccc(-c2c(CC)cc(CC)cc2CC)o1. The third-order valence-corrected chi connectivity index (χ3v) is 3.99. The molecule has 2 heteroatoms. The Morgan fingerprint density at radius 3 is 2.10 bits per heavy atom. The molecule has 0 spiro atoms. The lowest BCUT2D eigenvalue weighted by Gasteiger charge is -2.13. The van der Waals surface area contributed by atoms with Gasteiger partial charge in [-0.05, 0) is 54.6 Å². The monoisotopic (exact) mass is 285 g/mol. The summed E-state index contributed by atoms with van der Waals surface area (Å²) in [5.74, 6) is 2.02. The molecule has 1 aromatic carbocycles. The molecule has 0 saturated carbocycles. The highest BCUT2D eigenvalue weighted by molar-refractivity contribution is 5.68. The molecule has 0 atom stereocenters. The van der Waals surface area contributed by atoms with Gasteiger partial charge < -0.3 is 9.73 Å². The molecule has 0 fully saturated rings. The van der Waals surface area contributed by atoms with Crippen molar-refractivity contribution in [2.24, 2.45) is 0 Å². The van der Waals surface area contributed by atoms with Crippen LogP contribution in [-0.4, -0.2) is 6.54 Å². The zero-order valence-electron chi connectivity index (χ0n) is 13.8. The highest BCUT2D eigenvalue weighted by atomic mass is 16.3. The minimum atomic E-state index is 0.798. The van der Waals surface area contributed by atoms with E-state index < -0.39 is 0 Å². The van der Waals surface area contributed by atoms with Crippen molar-refractivity contribution in [2.45, 2.75) is 53.5 Å². The van der Waals surface area contributed by atoms with E-state index in [2.05, 4.69) is 57.3 Å². The van der Waals surface area contributed by atoms with Crippen molar-refractivity contribution in [1.82, 2.24) is 5.32 Å². The Morgan fingerprint density at radius 2 is 1.57 bits per heavy atom. The van der Waals surface area contributed by atoms with Gasteiger partial charge in [-0.2, -0.15) is 0 Å². The molecule has 1 aromatic heterocycles. The largest absolute Gasteiger partial charge is 0.460 e. The summed E-state index contributed by atoms with van der Waals surface area (Å²) >= 11 is 0. The second-order valence-corrected chi connectivity index (χ2v) is 5.40. The van der Waals surface area contributed by atoms with Gasteiger partial charge in [-0.15, -0.1) is 0 Å². The van der Waals surface area contributed by atoms with Crippen molar-refractivity contribution in [3.63, 3.8) is 0 Å². The molecule has 21 heavy (non-hydrogen) atoms. The molecule has 0 aliphatic carbocycles. The Balaban J connectivity index is 2.43. The van der Waals surface area contributed by atoms with E-state index in [4.69, 9.17) is 4.42 Å². The zero-order valence-corrected chi connectivity index (χ0v) is 13.8. The molecular formula is C19H27NO. The van der Waals surface area contributed by atoms with Gasteiger partial charge in [0.25, 0.3) is 0 Å². The van der Waals surface area contributed by atoms with E-state index in [0.29, 0.717) is 0 Å². The first-order valence-electron chi connectivity index (χ1n) is 8.17. The minimum Gasteiger partial charge on any atom is -0.460 e. The maximum Gasteiger partial charge on any atom is 0.134 e. The lowest BCUT2D eigenvalue weighted by molar-refractivity contribution is 0.498. The van der Waals surface area contributed by atoms with Gasteiger partial charge in [-0.25, -0.2) is 0 Å². The van der Waals surface area contributed by atoms with Gasteiger partial charge in [0.15, 0.2) is 0 Å². The van der Waals surface area contributed by atoms with Crippen LogP contribution in [0.2, 0.25) is 0 Å². The van der Waals surface area contributed by atoms with E-state index in [1.54, 1.807) is 0 Å². The van der Waals surface area contributed by atoms with Crippen LogP contribution >= 0.6 is 0 Å².